The van der Waals surface area contributed by atoms with Crippen LogP contribution in [0.4, 0.5) is 0 Å². The minimum Gasteiger partial charge on any atom is -0.508 e. The first-order valence-electron chi connectivity index (χ1n) is 13.2. The Morgan fingerprint density at radius 3 is 2.21 bits per heavy atom. The highest BCUT2D eigenvalue weighted by atomic mass is 32.2. The Kier molecular flexibility index (Phi) is 14.1. The number of carboxylic acid groups (broad SMARTS) is 1. The second kappa shape index (κ2) is 17.5. The van der Waals surface area contributed by atoms with Gasteiger partial charge in [-0.3, -0.25) is 19.4 Å². The topological polar surface area (TPSA) is 264 Å². The van der Waals surface area contributed by atoms with E-state index in [-0.39, 0.29) is 37.5 Å². The highest BCUT2D eigenvalue weighted by Crippen LogP contribution is 2.13. The molecule has 0 bridgehead atoms. The van der Waals surface area contributed by atoms with Crippen molar-refractivity contribution in [3.8, 4) is 5.75 Å². The molecule has 1 aromatic carbocycles. The van der Waals surface area contributed by atoms with Gasteiger partial charge in [-0.1, -0.05) is 12.1 Å². The van der Waals surface area contributed by atoms with Crippen LogP contribution in [0.15, 0.2) is 41.8 Å². The van der Waals surface area contributed by atoms with Crippen molar-refractivity contribution in [2.75, 3.05) is 18.6 Å². The number of aromatic hydroxyl groups is 1. The molecule has 1 heterocycles. The number of carbonyl (C=O) groups is 4. The molecule has 2 aromatic rings. The molecule has 0 aliphatic heterocycles. The van der Waals surface area contributed by atoms with Crippen molar-refractivity contribution in [1.29, 1.82) is 0 Å². The average molecular weight is 606 g/mol. The van der Waals surface area contributed by atoms with E-state index in [4.69, 9.17) is 17.2 Å². The molecule has 1 aromatic heterocycles. The molecule has 0 spiro atoms. The van der Waals surface area contributed by atoms with Crippen LogP contribution in [0, 0.1) is 0 Å². The molecule has 0 radical (unpaired) electrons. The number of hydrogen-bond acceptors (Lipinski definition) is 9. The summed E-state index contributed by atoms with van der Waals surface area (Å²) < 4.78 is 0. The molecule has 16 heteroatoms. The number of aromatic amines is 1. The van der Waals surface area contributed by atoms with Gasteiger partial charge in [-0.05, 0) is 49.0 Å². The van der Waals surface area contributed by atoms with Gasteiger partial charge >= 0.3 is 5.97 Å². The zero-order valence-electron chi connectivity index (χ0n) is 23.3. The predicted molar refractivity (Wildman–Crippen MR) is 158 cm³/mol. The summed E-state index contributed by atoms with van der Waals surface area (Å²) in [5.74, 6) is -2.71. The lowest BCUT2D eigenvalue weighted by Gasteiger charge is -2.25. The summed E-state index contributed by atoms with van der Waals surface area (Å²) in [5, 5.41) is 27.1. The van der Waals surface area contributed by atoms with E-state index < -0.39 is 47.9 Å². The van der Waals surface area contributed by atoms with Crippen molar-refractivity contribution in [2.24, 2.45) is 22.2 Å². The molecule has 0 aliphatic rings. The van der Waals surface area contributed by atoms with Crippen LogP contribution in [0.25, 0.3) is 0 Å². The van der Waals surface area contributed by atoms with Gasteiger partial charge in [0.25, 0.3) is 0 Å². The molecular weight excluding hydrogens is 566 g/mol. The first-order chi connectivity index (χ1) is 20.0. The molecule has 42 heavy (non-hydrogen) atoms. The van der Waals surface area contributed by atoms with Gasteiger partial charge in [0.15, 0.2) is 5.96 Å². The number of rotatable bonds is 18. The maximum Gasteiger partial charge on any atom is 0.326 e. The number of carboxylic acids is 1. The van der Waals surface area contributed by atoms with Gasteiger partial charge in [-0.25, -0.2) is 9.78 Å². The maximum atomic E-state index is 13.5. The predicted octanol–water partition coefficient (Wildman–Crippen LogP) is -1.43. The summed E-state index contributed by atoms with van der Waals surface area (Å²) in [7, 11) is 0. The fraction of sp³-hybridized carbons (Fsp3) is 0.462. The number of hydrogen-bond donors (Lipinski definition) is 9. The van der Waals surface area contributed by atoms with Crippen LogP contribution < -0.4 is 33.2 Å². The number of nitrogens with two attached hydrogens (primary N) is 3. The zero-order valence-corrected chi connectivity index (χ0v) is 24.1. The molecule has 0 saturated carbocycles. The van der Waals surface area contributed by atoms with Crippen molar-refractivity contribution in [2.45, 2.75) is 56.3 Å². The van der Waals surface area contributed by atoms with Gasteiger partial charge in [-0.2, -0.15) is 11.8 Å². The Morgan fingerprint density at radius 2 is 1.62 bits per heavy atom. The van der Waals surface area contributed by atoms with Crippen LogP contribution >= 0.6 is 11.8 Å². The third-order valence-corrected chi connectivity index (χ3v) is 6.79. The molecule has 3 amide bonds. The van der Waals surface area contributed by atoms with Gasteiger partial charge < -0.3 is 48.3 Å². The van der Waals surface area contributed by atoms with Crippen molar-refractivity contribution in [3.63, 3.8) is 0 Å². The van der Waals surface area contributed by atoms with E-state index in [0.29, 0.717) is 29.9 Å². The number of aliphatic carboxylic acids is 1. The second-order valence-electron chi connectivity index (χ2n) is 9.51. The Morgan fingerprint density at radius 1 is 0.976 bits per heavy atom. The molecule has 230 valence electrons. The van der Waals surface area contributed by atoms with Gasteiger partial charge in [-0.15, -0.1) is 0 Å². The van der Waals surface area contributed by atoms with E-state index in [1.54, 1.807) is 12.1 Å². The minimum absolute atomic E-state index is 0.00986. The number of benzene rings is 1. The quantitative estimate of drug-likeness (QED) is 0.0540. The number of thioether (sulfide) groups is 1. The van der Waals surface area contributed by atoms with E-state index in [9.17, 15) is 29.4 Å². The Bertz CT molecular complexity index is 1190. The SMILES string of the molecule is CSCCC(N)C(=O)NC(CCCN=C(N)N)C(=O)NC(Cc1ccc(O)cc1)C(=O)NC(Cc1cnc[nH]1)C(=O)O. The smallest absolute Gasteiger partial charge is 0.326 e. The van der Waals surface area contributed by atoms with Crippen LogP contribution in [-0.2, 0) is 32.0 Å². The van der Waals surface area contributed by atoms with Gasteiger partial charge in [0.2, 0.25) is 17.7 Å². The standard InChI is InChI=1S/C26H39N9O6S/c1-42-10-8-18(27)22(37)33-19(3-2-9-31-26(28)29)23(38)34-20(11-15-4-6-17(36)7-5-15)24(39)35-21(25(40)41)12-16-13-30-14-32-16/h4-7,13-14,18-21,36H,2-3,8-12,27H2,1H3,(H,30,32)(H,33,37)(H,34,38)(H,35,39)(H,40,41)(H4,28,29,31). The fourth-order valence-electron chi connectivity index (χ4n) is 3.86. The van der Waals surface area contributed by atoms with E-state index in [1.165, 1.54) is 36.4 Å². The second-order valence-corrected chi connectivity index (χ2v) is 10.5. The molecule has 4 unspecified atom stereocenters. The van der Waals surface area contributed by atoms with E-state index in [2.05, 4.69) is 30.9 Å². The third kappa shape index (κ3) is 12.1. The number of guanidine groups is 1. The largest absolute Gasteiger partial charge is 0.508 e. The summed E-state index contributed by atoms with van der Waals surface area (Å²) in [5.41, 5.74) is 17.8. The number of aromatic nitrogens is 2. The fourth-order valence-corrected chi connectivity index (χ4v) is 4.35. The summed E-state index contributed by atoms with van der Waals surface area (Å²) >= 11 is 1.53. The van der Waals surface area contributed by atoms with Gasteiger partial charge in [0, 0.05) is 31.3 Å². The summed E-state index contributed by atoms with van der Waals surface area (Å²) in [6, 6.07) is 1.51. The Balaban J connectivity index is 2.26. The van der Waals surface area contributed by atoms with Crippen molar-refractivity contribution < 1.29 is 29.4 Å². The Labute approximate surface area is 247 Å². The first kappa shape index (κ1) is 33.9. The summed E-state index contributed by atoms with van der Waals surface area (Å²) in [4.78, 5) is 62.1. The maximum absolute atomic E-state index is 13.5. The van der Waals surface area contributed by atoms with Crippen LogP contribution in [-0.4, -0.2) is 92.6 Å². The lowest BCUT2D eigenvalue weighted by Crippen LogP contribution is -2.57. The molecule has 0 aliphatic carbocycles. The lowest BCUT2D eigenvalue weighted by molar-refractivity contribution is -0.142. The number of phenols is 1. The number of nitrogens with one attached hydrogen (secondary N) is 4. The van der Waals surface area contributed by atoms with Crippen LogP contribution in [0.3, 0.4) is 0 Å². The highest BCUT2D eigenvalue weighted by Gasteiger charge is 2.30. The summed E-state index contributed by atoms with van der Waals surface area (Å²) in [6.45, 7) is 0.200. The molecule has 12 N–H and O–H groups in total. The van der Waals surface area contributed by atoms with E-state index in [0.717, 1.165) is 0 Å². The summed E-state index contributed by atoms with van der Waals surface area (Å²) in [6.07, 6.45) is 5.47. The molecule has 15 nitrogen and oxygen atoms in total. The highest BCUT2D eigenvalue weighted by molar-refractivity contribution is 7.98. The van der Waals surface area contributed by atoms with Crippen molar-refractivity contribution in [1.82, 2.24) is 25.9 Å². The number of imidazole rings is 1. The molecule has 0 fully saturated rings. The number of H-pyrrole nitrogens is 1. The van der Waals surface area contributed by atoms with Crippen LogP contribution in [0.2, 0.25) is 0 Å². The van der Waals surface area contributed by atoms with Crippen LogP contribution in [0.5, 0.6) is 5.75 Å². The normalized spacial score (nSPS) is 13.7. The molecule has 2 rings (SSSR count). The third-order valence-electron chi connectivity index (χ3n) is 6.15. The number of nitrogens with zero attached hydrogens (tertiary/aromatic N) is 2. The van der Waals surface area contributed by atoms with Crippen molar-refractivity contribution >= 4 is 41.4 Å². The Hall–Kier alpha value is -4.31. The number of amides is 3. The monoisotopic (exact) mass is 605 g/mol. The van der Waals surface area contributed by atoms with Gasteiger partial charge in [0.05, 0.1) is 12.4 Å². The first-order valence-corrected chi connectivity index (χ1v) is 14.6. The average Bonchev–Trinajstić information content (AvgIpc) is 3.46. The van der Waals surface area contributed by atoms with Gasteiger partial charge in [0.1, 0.15) is 23.9 Å². The zero-order chi connectivity index (χ0) is 31.1. The van der Waals surface area contributed by atoms with E-state index in [1.807, 2.05) is 6.26 Å². The molecular formula is C26H39N9O6S. The molecule has 4 atom stereocenters. The van der Waals surface area contributed by atoms with E-state index >= 15 is 0 Å². The van der Waals surface area contributed by atoms with Crippen LogP contribution in [0.1, 0.15) is 30.5 Å². The lowest BCUT2D eigenvalue weighted by atomic mass is 10.0. The minimum atomic E-state index is -1.32. The number of phenolic OH excluding ortho intramolecular Hbond substituents is 1. The number of aliphatic imine (C=N–C) groups is 1. The number of carbonyl (C=O) groups excluding carboxylic acids is 3. The molecule has 0 saturated heterocycles. The van der Waals surface area contributed by atoms with Crippen molar-refractivity contribution in [3.05, 3.63) is 48.0 Å².